The Morgan fingerprint density at radius 3 is 2.42 bits per heavy atom. The summed E-state index contributed by atoms with van der Waals surface area (Å²) < 4.78 is 0. The highest BCUT2D eigenvalue weighted by molar-refractivity contribution is 5.72. The van der Waals surface area contributed by atoms with E-state index in [1.807, 2.05) is 0 Å². The number of nitrogens with two attached hydrogens (primary N) is 2. The standard InChI is InChI=1S/C7H11N3O2/c8-6(3-10-5-12)1-2-7(9)4-11/h1-2,4-5H,3,8-9H2,(H,10,12)/b6-1-,7-2-. The highest BCUT2D eigenvalue weighted by Gasteiger charge is 1.86. The van der Waals surface area contributed by atoms with Crippen LogP contribution in [-0.4, -0.2) is 19.2 Å². The molecule has 5 N–H and O–H groups in total. The lowest BCUT2D eigenvalue weighted by Crippen LogP contribution is -2.18. The van der Waals surface area contributed by atoms with Crippen molar-refractivity contribution in [1.82, 2.24) is 5.32 Å². The van der Waals surface area contributed by atoms with Crippen LogP contribution in [0.25, 0.3) is 0 Å². The van der Waals surface area contributed by atoms with Gasteiger partial charge >= 0.3 is 0 Å². The molecule has 0 aromatic carbocycles. The summed E-state index contributed by atoms with van der Waals surface area (Å²) in [5, 5.41) is 2.36. The van der Waals surface area contributed by atoms with Gasteiger partial charge < -0.3 is 16.8 Å². The molecule has 0 rings (SSSR count). The van der Waals surface area contributed by atoms with Gasteiger partial charge in [-0.3, -0.25) is 9.59 Å². The molecule has 0 unspecified atom stereocenters. The minimum atomic E-state index is 0.0871. The smallest absolute Gasteiger partial charge is 0.207 e. The Bertz CT molecular complexity index is 221. The molecule has 0 heterocycles. The molecular formula is C7H11N3O2. The first-order chi connectivity index (χ1) is 5.70. The maximum absolute atomic E-state index is 10.00. The maximum Gasteiger partial charge on any atom is 0.207 e. The molecule has 0 spiro atoms. The number of hydrogen-bond acceptors (Lipinski definition) is 4. The summed E-state index contributed by atoms with van der Waals surface area (Å²) in [6.07, 6.45) is 3.87. The third-order valence-electron chi connectivity index (χ3n) is 1.02. The molecule has 0 fully saturated rings. The highest BCUT2D eigenvalue weighted by Crippen LogP contribution is 1.84. The van der Waals surface area contributed by atoms with Crippen LogP contribution in [0.3, 0.4) is 0 Å². The fraction of sp³-hybridized carbons (Fsp3) is 0.143. The number of rotatable bonds is 5. The molecule has 0 atom stereocenters. The van der Waals surface area contributed by atoms with E-state index in [4.69, 9.17) is 11.5 Å². The molecule has 0 bridgehead atoms. The summed E-state index contributed by atoms with van der Waals surface area (Å²) in [6, 6.07) is 0. The first-order valence-corrected chi connectivity index (χ1v) is 3.24. The number of allylic oxidation sites excluding steroid dienone is 3. The van der Waals surface area contributed by atoms with Crippen molar-refractivity contribution in [2.24, 2.45) is 11.5 Å². The Morgan fingerprint density at radius 1 is 1.25 bits per heavy atom. The molecule has 0 aromatic heterocycles. The summed E-state index contributed by atoms with van der Waals surface area (Å²) in [5.74, 6) is 0. The lowest BCUT2D eigenvalue weighted by molar-refractivity contribution is -0.109. The summed E-state index contributed by atoms with van der Waals surface area (Å²) in [7, 11) is 0. The minimum Gasteiger partial charge on any atom is -0.401 e. The van der Waals surface area contributed by atoms with E-state index < -0.39 is 0 Å². The van der Waals surface area contributed by atoms with Gasteiger partial charge in [0.1, 0.15) is 0 Å². The van der Waals surface area contributed by atoms with Gasteiger partial charge in [-0.1, -0.05) is 0 Å². The Hall–Kier alpha value is -1.78. The quantitative estimate of drug-likeness (QED) is 0.268. The Labute approximate surface area is 70.1 Å². The van der Waals surface area contributed by atoms with Crippen molar-refractivity contribution in [3.05, 3.63) is 23.5 Å². The molecule has 0 aliphatic carbocycles. The Kier molecular flexibility index (Phi) is 5.08. The van der Waals surface area contributed by atoms with Crippen LogP contribution in [0.2, 0.25) is 0 Å². The summed E-state index contributed by atoms with van der Waals surface area (Å²) >= 11 is 0. The highest BCUT2D eigenvalue weighted by atomic mass is 16.1. The number of aldehydes is 1. The predicted molar refractivity (Wildman–Crippen MR) is 44.7 cm³/mol. The minimum absolute atomic E-state index is 0.0871. The van der Waals surface area contributed by atoms with Crippen LogP contribution in [0.15, 0.2) is 23.5 Å². The fourth-order valence-electron chi connectivity index (χ4n) is 0.461. The van der Waals surface area contributed by atoms with Crippen molar-refractivity contribution in [3.8, 4) is 0 Å². The average molecular weight is 169 g/mol. The largest absolute Gasteiger partial charge is 0.401 e. The number of carbonyl (C=O) groups excluding carboxylic acids is 2. The van der Waals surface area contributed by atoms with E-state index in [9.17, 15) is 9.59 Å². The van der Waals surface area contributed by atoms with Crippen molar-refractivity contribution in [1.29, 1.82) is 0 Å². The lowest BCUT2D eigenvalue weighted by atomic mass is 10.3. The molecule has 66 valence electrons. The second-order valence-electron chi connectivity index (χ2n) is 2.02. The van der Waals surface area contributed by atoms with Gasteiger partial charge in [0.25, 0.3) is 0 Å². The van der Waals surface area contributed by atoms with E-state index in [0.717, 1.165) is 0 Å². The van der Waals surface area contributed by atoms with Crippen molar-refractivity contribution < 1.29 is 9.59 Å². The van der Waals surface area contributed by atoms with Gasteiger partial charge in [0.05, 0.1) is 12.2 Å². The molecular weight excluding hydrogens is 158 g/mol. The van der Waals surface area contributed by atoms with Crippen LogP contribution >= 0.6 is 0 Å². The predicted octanol–water partition coefficient (Wildman–Crippen LogP) is -1.38. The topological polar surface area (TPSA) is 98.2 Å². The zero-order chi connectivity index (χ0) is 9.40. The van der Waals surface area contributed by atoms with Gasteiger partial charge in [-0.2, -0.15) is 0 Å². The lowest BCUT2D eigenvalue weighted by Gasteiger charge is -1.96. The van der Waals surface area contributed by atoms with Gasteiger partial charge in [-0.05, 0) is 12.2 Å². The van der Waals surface area contributed by atoms with Gasteiger partial charge in [-0.25, -0.2) is 0 Å². The zero-order valence-corrected chi connectivity index (χ0v) is 6.49. The van der Waals surface area contributed by atoms with E-state index in [0.29, 0.717) is 18.4 Å². The monoisotopic (exact) mass is 169 g/mol. The second kappa shape index (κ2) is 5.96. The molecule has 0 saturated heterocycles. The maximum atomic E-state index is 10.00. The number of carbonyl (C=O) groups is 2. The van der Waals surface area contributed by atoms with Crippen LogP contribution in [0, 0.1) is 0 Å². The van der Waals surface area contributed by atoms with Crippen LogP contribution in [0.5, 0.6) is 0 Å². The number of amides is 1. The molecule has 12 heavy (non-hydrogen) atoms. The van der Waals surface area contributed by atoms with E-state index in [1.54, 1.807) is 0 Å². The molecule has 5 nitrogen and oxygen atoms in total. The van der Waals surface area contributed by atoms with Gasteiger partial charge in [0, 0.05) is 5.70 Å². The first kappa shape index (κ1) is 10.2. The normalized spacial score (nSPS) is 12.3. The van der Waals surface area contributed by atoms with Crippen LogP contribution in [0.4, 0.5) is 0 Å². The van der Waals surface area contributed by atoms with Gasteiger partial charge in [-0.15, -0.1) is 0 Å². The Morgan fingerprint density at radius 2 is 1.92 bits per heavy atom. The van der Waals surface area contributed by atoms with E-state index >= 15 is 0 Å². The molecule has 0 aliphatic heterocycles. The summed E-state index contributed by atoms with van der Waals surface area (Å²) in [5.41, 5.74) is 11.0. The zero-order valence-electron chi connectivity index (χ0n) is 6.49. The van der Waals surface area contributed by atoms with Crippen molar-refractivity contribution in [3.63, 3.8) is 0 Å². The van der Waals surface area contributed by atoms with E-state index in [-0.39, 0.29) is 12.2 Å². The number of hydrogen-bond donors (Lipinski definition) is 3. The number of nitrogens with one attached hydrogen (secondary N) is 1. The van der Waals surface area contributed by atoms with Gasteiger partial charge in [0.2, 0.25) is 6.41 Å². The first-order valence-electron chi connectivity index (χ1n) is 3.24. The molecule has 0 radical (unpaired) electrons. The average Bonchev–Trinajstić information content (AvgIpc) is 2.10. The van der Waals surface area contributed by atoms with Gasteiger partial charge in [0.15, 0.2) is 6.29 Å². The SMILES string of the molecule is N/C(C=O)=C\C=C(/N)CNC=O. The van der Waals surface area contributed by atoms with Crippen LogP contribution in [-0.2, 0) is 9.59 Å². The third-order valence-corrected chi connectivity index (χ3v) is 1.02. The van der Waals surface area contributed by atoms with E-state index in [2.05, 4.69) is 5.32 Å². The molecule has 0 saturated carbocycles. The molecule has 1 amide bonds. The van der Waals surface area contributed by atoms with Crippen molar-refractivity contribution in [2.45, 2.75) is 0 Å². The van der Waals surface area contributed by atoms with Crippen LogP contribution < -0.4 is 16.8 Å². The fourth-order valence-corrected chi connectivity index (χ4v) is 0.461. The third kappa shape index (κ3) is 5.04. The molecule has 0 aliphatic rings. The van der Waals surface area contributed by atoms with Crippen molar-refractivity contribution in [2.75, 3.05) is 6.54 Å². The van der Waals surface area contributed by atoms with Crippen LogP contribution in [0.1, 0.15) is 0 Å². The van der Waals surface area contributed by atoms with Crippen molar-refractivity contribution >= 4 is 12.7 Å². The Balaban J connectivity index is 3.98. The second-order valence-corrected chi connectivity index (χ2v) is 2.02. The summed E-state index contributed by atoms with van der Waals surface area (Å²) in [4.78, 5) is 19.8. The van der Waals surface area contributed by atoms with E-state index in [1.165, 1.54) is 12.2 Å². The molecule has 5 heteroatoms. The molecule has 0 aromatic rings. The summed E-state index contributed by atoms with van der Waals surface area (Å²) in [6.45, 7) is 0.242.